The van der Waals surface area contributed by atoms with Gasteiger partial charge in [0.1, 0.15) is 10.2 Å². The van der Waals surface area contributed by atoms with Gasteiger partial charge in [0.2, 0.25) is 5.43 Å². The fourth-order valence-corrected chi connectivity index (χ4v) is 4.29. The van der Waals surface area contributed by atoms with Crippen LogP contribution >= 0.6 is 11.3 Å². The molecule has 0 fully saturated rings. The van der Waals surface area contributed by atoms with Gasteiger partial charge in [-0.1, -0.05) is 36.4 Å². The average Bonchev–Trinajstić information content (AvgIpc) is 2.95. The second-order valence-electron chi connectivity index (χ2n) is 6.33. The van der Waals surface area contributed by atoms with E-state index in [0.29, 0.717) is 10.9 Å². The summed E-state index contributed by atoms with van der Waals surface area (Å²) >= 11 is 1.53. The van der Waals surface area contributed by atoms with Crippen LogP contribution in [-0.2, 0) is 0 Å². The third-order valence-corrected chi connectivity index (χ3v) is 5.61. The summed E-state index contributed by atoms with van der Waals surface area (Å²) in [5, 5.41) is 0.777. The van der Waals surface area contributed by atoms with Crippen LogP contribution in [0.2, 0.25) is 0 Å². The molecule has 0 bridgehead atoms. The molecule has 4 nitrogen and oxygen atoms in total. The van der Waals surface area contributed by atoms with E-state index in [1.165, 1.54) is 11.3 Å². The van der Waals surface area contributed by atoms with Crippen molar-refractivity contribution in [2.75, 3.05) is 0 Å². The summed E-state index contributed by atoms with van der Waals surface area (Å²) in [5.74, 6) is 0. The molecule has 3 aromatic heterocycles. The summed E-state index contributed by atoms with van der Waals surface area (Å²) in [6.45, 7) is 1.96. The molecule has 126 valence electrons. The maximum absolute atomic E-state index is 13.4. The van der Waals surface area contributed by atoms with E-state index in [-0.39, 0.29) is 16.4 Å². The minimum absolute atomic E-state index is 0.201. The molecule has 0 amide bonds. The maximum atomic E-state index is 13.4. The molecule has 26 heavy (non-hydrogen) atoms. The lowest BCUT2D eigenvalue weighted by Crippen LogP contribution is -2.26. The van der Waals surface area contributed by atoms with Gasteiger partial charge < -0.3 is 4.98 Å². The summed E-state index contributed by atoms with van der Waals surface area (Å²) in [5.41, 5.74) is 2.57. The van der Waals surface area contributed by atoms with Crippen molar-refractivity contribution < 1.29 is 0 Å². The standard InChI is InChI=1S/C21H14N2O2S/c1-12-10-15-19(24)18-16(22-20(15)26-12)11-17(13-6-5-7-13)23(21(18)25)14-8-3-2-4-9-14/h2-11H,1H3,(H,22,24). The first-order chi connectivity index (χ1) is 12.6. The molecule has 1 aromatic carbocycles. The molecule has 5 heteroatoms. The number of thiophene rings is 1. The van der Waals surface area contributed by atoms with Gasteiger partial charge in [-0.05, 0) is 36.8 Å². The largest absolute Gasteiger partial charge is 0.346 e. The molecule has 1 aliphatic carbocycles. The minimum atomic E-state index is -0.295. The third kappa shape index (κ3) is 2.07. The zero-order valence-electron chi connectivity index (χ0n) is 13.9. The SMILES string of the molecule is Cc1cc2c(=O)c3c(=O)n(-c4ccccc4)c(C4=CC=C4)cc3[nH]c2s1. The lowest BCUT2D eigenvalue weighted by Gasteiger charge is -2.17. The highest BCUT2D eigenvalue weighted by atomic mass is 32.1. The number of nitrogens with zero attached hydrogens (tertiary/aromatic N) is 1. The van der Waals surface area contributed by atoms with E-state index in [2.05, 4.69) is 4.98 Å². The number of hydrogen-bond donors (Lipinski definition) is 1. The summed E-state index contributed by atoms with van der Waals surface area (Å²) in [7, 11) is 0. The Bertz CT molecular complexity index is 1370. The number of allylic oxidation sites excluding steroid dienone is 4. The molecule has 0 aliphatic heterocycles. The summed E-state index contributed by atoms with van der Waals surface area (Å²) in [6.07, 6.45) is 5.87. The fraction of sp³-hybridized carbons (Fsp3) is 0.0476. The van der Waals surface area contributed by atoms with E-state index in [1.807, 2.05) is 67.6 Å². The van der Waals surface area contributed by atoms with E-state index >= 15 is 0 Å². The zero-order valence-corrected chi connectivity index (χ0v) is 14.8. The normalized spacial score (nSPS) is 13.2. The van der Waals surface area contributed by atoms with Gasteiger partial charge in [-0.2, -0.15) is 0 Å². The molecule has 0 saturated heterocycles. The van der Waals surface area contributed by atoms with Crippen molar-refractivity contribution >= 4 is 38.0 Å². The van der Waals surface area contributed by atoms with Crippen LogP contribution in [0, 0.1) is 6.92 Å². The molecule has 0 atom stereocenters. The summed E-state index contributed by atoms with van der Waals surface area (Å²) in [6, 6.07) is 13.2. The third-order valence-electron chi connectivity index (χ3n) is 4.65. The Morgan fingerprint density at radius 3 is 2.54 bits per heavy atom. The number of para-hydroxylation sites is 1. The van der Waals surface area contributed by atoms with Crippen molar-refractivity contribution in [3.63, 3.8) is 0 Å². The van der Waals surface area contributed by atoms with Gasteiger partial charge in [0.25, 0.3) is 5.56 Å². The minimum Gasteiger partial charge on any atom is -0.346 e. The number of aromatic amines is 1. The number of aryl methyl sites for hydroxylation is 1. The van der Waals surface area contributed by atoms with Crippen LogP contribution in [0.4, 0.5) is 0 Å². The lowest BCUT2D eigenvalue weighted by atomic mass is 10.0. The van der Waals surface area contributed by atoms with E-state index in [9.17, 15) is 9.59 Å². The first-order valence-corrected chi connectivity index (χ1v) is 9.11. The Kier molecular flexibility index (Phi) is 3.14. The molecule has 0 spiro atoms. The molecule has 4 aromatic rings. The van der Waals surface area contributed by atoms with Gasteiger partial charge in [0.05, 0.1) is 16.6 Å². The second-order valence-corrected chi connectivity index (χ2v) is 7.59. The molecule has 3 heterocycles. The van der Waals surface area contributed by atoms with Gasteiger partial charge in [0.15, 0.2) is 0 Å². The first-order valence-electron chi connectivity index (χ1n) is 8.30. The van der Waals surface area contributed by atoms with Crippen LogP contribution in [0.5, 0.6) is 0 Å². The Hall–Kier alpha value is -3.18. The number of fused-ring (bicyclic) bond motifs is 2. The molecular formula is C21H14N2O2S. The predicted molar refractivity (Wildman–Crippen MR) is 107 cm³/mol. The Morgan fingerprint density at radius 1 is 1.08 bits per heavy atom. The second kappa shape index (κ2) is 5.41. The molecule has 0 radical (unpaired) electrons. The topological polar surface area (TPSA) is 54.9 Å². The average molecular weight is 358 g/mol. The highest BCUT2D eigenvalue weighted by Gasteiger charge is 2.18. The molecule has 0 saturated carbocycles. The van der Waals surface area contributed by atoms with Gasteiger partial charge in [0, 0.05) is 10.6 Å². The fourth-order valence-electron chi connectivity index (χ4n) is 3.37. The monoisotopic (exact) mass is 358 g/mol. The Morgan fingerprint density at radius 2 is 1.85 bits per heavy atom. The van der Waals surface area contributed by atoms with Gasteiger partial charge in [-0.25, -0.2) is 0 Å². The predicted octanol–water partition coefficient (Wildman–Crippen LogP) is 4.16. The quantitative estimate of drug-likeness (QED) is 0.585. The highest BCUT2D eigenvalue weighted by molar-refractivity contribution is 7.18. The van der Waals surface area contributed by atoms with Crippen LogP contribution in [0.3, 0.4) is 0 Å². The van der Waals surface area contributed by atoms with Gasteiger partial charge >= 0.3 is 0 Å². The Labute approximate surface area is 152 Å². The van der Waals surface area contributed by atoms with Crippen molar-refractivity contribution in [2.45, 2.75) is 6.92 Å². The number of nitrogens with one attached hydrogen (secondary N) is 1. The number of hydrogen-bond acceptors (Lipinski definition) is 3. The molecule has 1 aliphatic rings. The van der Waals surface area contributed by atoms with Crippen molar-refractivity contribution in [2.24, 2.45) is 0 Å². The molecule has 1 N–H and O–H groups in total. The van der Waals surface area contributed by atoms with E-state index in [0.717, 1.165) is 26.7 Å². The van der Waals surface area contributed by atoms with Crippen LogP contribution in [-0.4, -0.2) is 9.55 Å². The van der Waals surface area contributed by atoms with Crippen molar-refractivity contribution in [1.82, 2.24) is 9.55 Å². The van der Waals surface area contributed by atoms with Crippen LogP contribution in [0.25, 0.3) is 32.4 Å². The number of H-pyrrole nitrogens is 1. The van der Waals surface area contributed by atoms with Gasteiger partial charge in [-0.15, -0.1) is 11.3 Å². The first kappa shape index (κ1) is 15.1. The van der Waals surface area contributed by atoms with Crippen molar-refractivity contribution in [3.05, 3.63) is 91.8 Å². The van der Waals surface area contributed by atoms with E-state index in [1.54, 1.807) is 4.57 Å². The lowest BCUT2D eigenvalue weighted by molar-refractivity contribution is 0.982. The zero-order chi connectivity index (χ0) is 17.8. The number of rotatable bonds is 2. The molecule has 0 unspecified atom stereocenters. The van der Waals surface area contributed by atoms with E-state index in [4.69, 9.17) is 0 Å². The maximum Gasteiger partial charge on any atom is 0.268 e. The van der Waals surface area contributed by atoms with Gasteiger partial charge in [-0.3, -0.25) is 14.2 Å². The number of pyridine rings is 2. The number of benzene rings is 1. The summed E-state index contributed by atoms with van der Waals surface area (Å²) in [4.78, 5) is 31.5. The van der Waals surface area contributed by atoms with Crippen LogP contribution in [0.15, 0.2) is 70.3 Å². The number of aromatic nitrogens is 2. The van der Waals surface area contributed by atoms with Crippen molar-refractivity contribution in [3.8, 4) is 5.69 Å². The van der Waals surface area contributed by atoms with Crippen molar-refractivity contribution in [1.29, 1.82) is 0 Å². The van der Waals surface area contributed by atoms with E-state index < -0.39 is 0 Å². The van der Waals surface area contributed by atoms with Crippen LogP contribution in [0.1, 0.15) is 10.6 Å². The highest BCUT2D eigenvalue weighted by Crippen LogP contribution is 2.27. The Balaban J connectivity index is 1.98. The molecule has 5 rings (SSSR count). The van der Waals surface area contributed by atoms with Crippen LogP contribution < -0.4 is 11.0 Å². The summed E-state index contributed by atoms with van der Waals surface area (Å²) < 4.78 is 1.62. The smallest absolute Gasteiger partial charge is 0.268 e. The molecular weight excluding hydrogens is 344 g/mol.